The van der Waals surface area contributed by atoms with E-state index in [1.807, 2.05) is 0 Å². The minimum absolute atomic E-state index is 1.03. The molecule has 0 amide bonds. The molecule has 0 fully saturated rings. The topological polar surface area (TPSA) is 48.8 Å². The smallest absolute Gasteiger partial charge is 0.408 e. The van der Waals surface area contributed by atoms with Crippen LogP contribution in [0.3, 0.4) is 0 Å². The molecule has 0 atom stereocenters. The third-order valence-corrected chi connectivity index (χ3v) is 2.65. The Balaban J connectivity index is 3.32. The molecule has 1 heterocycles. The maximum atomic E-state index is 12.6. The van der Waals surface area contributed by atoms with E-state index in [9.17, 15) is 35.1 Å². The molecule has 3 nitrogen and oxygen atoms in total. The van der Waals surface area contributed by atoms with Crippen LogP contribution < -0.4 is 4.74 Å². The van der Waals surface area contributed by atoms with Gasteiger partial charge in [0.25, 0.3) is 0 Å². The average molecular weight is 373 g/mol. The van der Waals surface area contributed by atoms with Gasteiger partial charge in [0.2, 0.25) is 5.88 Å². The van der Waals surface area contributed by atoms with Crippen LogP contribution in [0.5, 0.6) is 5.88 Å². The molecule has 0 saturated heterocycles. The maximum absolute atomic E-state index is 12.6. The van der Waals surface area contributed by atoms with E-state index in [0.717, 1.165) is 6.07 Å². The average Bonchev–Trinajstić information content (AvgIpc) is 2.52. The van der Waals surface area contributed by atoms with E-state index < -0.39 is 40.1 Å². The Morgan fingerprint density at radius 3 is 1.90 bits per heavy atom. The molecule has 0 bridgehead atoms. The minimum atomic E-state index is -6.16. The first-order valence-electron chi connectivity index (χ1n) is 4.33. The fraction of sp³-hybridized carbons (Fsp3) is 0.375. The number of nitrogens with zero attached hydrogens (tertiary/aromatic N) is 1. The van der Waals surface area contributed by atoms with E-state index in [0.29, 0.717) is 0 Å². The summed E-state index contributed by atoms with van der Waals surface area (Å²) in [4.78, 5) is 1.17. The number of aromatic amines is 1. The van der Waals surface area contributed by atoms with Gasteiger partial charge in [-0.2, -0.15) is 40.4 Å². The molecule has 0 spiro atoms. The van der Waals surface area contributed by atoms with Gasteiger partial charge in [0.05, 0.1) is 4.47 Å². The molecular weight excluding hydrogens is 372 g/mol. The lowest BCUT2D eigenvalue weighted by atomic mass is 10.3. The first-order chi connectivity index (χ1) is 8.81. The number of alkyl halides is 8. The van der Waals surface area contributed by atoms with Crippen LogP contribution in [0.2, 0.25) is 0 Å². The normalized spacial score (nSPS) is 13.2. The Morgan fingerprint density at radius 1 is 1.05 bits per heavy atom. The van der Waals surface area contributed by atoms with E-state index in [2.05, 4.69) is 20.7 Å². The van der Waals surface area contributed by atoms with E-state index in [1.54, 1.807) is 0 Å². The van der Waals surface area contributed by atoms with E-state index in [4.69, 9.17) is 5.26 Å². The van der Waals surface area contributed by atoms with E-state index in [-0.39, 0.29) is 0 Å². The van der Waals surface area contributed by atoms with Crippen LogP contribution in [-0.4, -0.2) is 17.3 Å². The number of hydrogen-bond acceptors (Lipinski definition) is 2. The third-order valence-electron chi connectivity index (χ3n) is 1.86. The fourth-order valence-corrected chi connectivity index (χ4v) is 1.61. The third kappa shape index (κ3) is 2.97. The van der Waals surface area contributed by atoms with Gasteiger partial charge in [0.15, 0.2) is 0 Å². The molecule has 1 N–H and O–H groups in total. The van der Waals surface area contributed by atoms with Crippen LogP contribution >= 0.6 is 15.9 Å². The van der Waals surface area contributed by atoms with Crippen molar-refractivity contribution in [2.45, 2.75) is 18.5 Å². The molecule has 1 aromatic heterocycles. The molecule has 0 unspecified atom stereocenters. The quantitative estimate of drug-likeness (QED) is 0.791. The van der Waals surface area contributed by atoms with Gasteiger partial charge in [0.1, 0.15) is 17.3 Å². The standard InChI is InChI=1S/C8HBrF8N2O/c9-3-2(1-18)5(19-4(3)6(10,11)12)20-8(16,17)7(13,14)15/h19H. The van der Waals surface area contributed by atoms with Crippen molar-refractivity contribution in [1.29, 1.82) is 5.26 Å². The summed E-state index contributed by atoms with van der Waals surface area (Å²) < 4.78 is 100. The lowest BCUT2D eigenvalue weighted by Gasteiger charge is -2.19. The summed E-state index contributed by atoms with van der Waals surface area (Å²) in [6.07, 6.45) is -17.0. The Morgan fingerprint density at radius 2 is 1.55 bits per heavy atom. The molecule has 112 valence electrons. The lowest BCUT2D eigenvalue weighted by Crippen LogP contribution is -2.42. The molecule has 1 aromatic rings. The molecule has 0 aliphatic heterocycles. The molecule has 1 rings (SSSR count). The number of hydrogen-bond donors (Lipinski definition) is 1. The lowest BCUT2D eigenvalue weighted by molar-refractivity contribution is -0.361. The summed E-state index contributed by atoms with van der Waals surface area (Å²) in [5.41, 5.74) is -2.89. The highest BCUT2D eigenvalue weighted by atomic mass is 79.9. The summed E-state index contributed by atoms with van der Waals surface area (Å²) in [5, 5.41) is 8.50. The highest BCUT2D eigenvalue weighted by Gasteiger charge is 2.62. The van der Waals surface area contributed by atoms with Crippen LogP contribution in [0.4, 0.5) is 35.1 Å². The number of rotatable bonds is 2. The molecule has 0 aliphatic rings. The van der Waals surface area contributed by atoms with Gasteiger partial charge in [-0.1, -0.05) is 0 Å². The molecule has 0 aliphatic carbocycles. The van der Waals surface area contributed by atoms with Crippen molar-refractivity contribution in [2.24, 2.45) is 0 Å². The van der Waals surface area contributed by atoms with Crippen molar-refractivity contribution in [1.82, 2.24) is 4.98 Å². The Kier molecular flexibility index (Phi) is 3.97. The van der Waals surface area contributed by atoms with Crippen molar-refractivity contribution in [2.75, 3.05) is 0 Å². The summed E-state index contributed by atoms with van der Waals surface area (Å²) in [6.45, 7) is 0. The van der Waals surface area contributed by atoms with Gasteiger partial charge in [-0.15, -0.1) is 0 Å². The van der Waals surface area contributed by atoms with Crippen LogP contribution in [0.25, 0.3) is 0 Å². The van der Waals surface area contributed by atoms with Crippen molar-refractivity contribution in [3.63, 3.8) is 0 Å². The number of nitriles is 1. The van der Waals surface area contributed by atoms with E-state index in [1.165, 1.54) is 4.98 Å². The summed E-state index contributed by atoms with van der Waals surface area (Å²) in [7, 11) is 0. The van der Waals surface area contributed by atoms with E-state index >= 15 is 0 Å². The number of aromatic nitrogens is 1. The van der Waals surface area contributed by atoms with Crippen LogP contribution in [-0.2, 0) is 6.18 Å². The SMILES string of the molecule is N#Cc1c(OC(F)(F)C(F)(F)F)[nH]c(C(F)(F)F)c1Br. The van der Waals surface area contributed by atoms with Crippen LogP contribution in [0.1, 0.15) is 11.3 Å². The molecule has 0 aromatic carbocycles. The Hall–Kier alpha value is -1.51. The summed E-state index contributed by atoms with van der Waals surface area (Å²) >= 11 is 2.28. The van der Waals surface area contributed by atoms with Crippen molar-refractivity contribution in [3.05, 3.63) is 15.7 Å². The van der Waals surface area contributed by atoms with Gasteiger partial charge >= 0.3 is 18.5 Å². The minimum Gasteiger partial charge on any atom is -0.408 e. The van der Waals surface area contributed by atoms with Gasteiger partial charge in [-0.3, -0.25) is 0 Å². The second kappa shape index (κ2) is 4.80. The highest BCUT2D eigenvalue weighted by Crippen LogP contribution is 2.43. The monoisotopic (exact) mass is 372 g/mol. The zero-order valence-corrected chi connectivity index (χ0v) is 10.3. The predicted octanol–water partition coefficient (Wildman–Crippen LogP) is 4.20. The molecular formula is C8HBrF8N2O. The number of ether oxygens (including phenoxy) is 1. The zero-order chi connectivity index (χ0) is 15.9. The van der Waals surface area contributed by atoms with Crippen LogP contribution in [0.15, 0.2) is 4.47 Å². The molecule has 0 radical (unpaired) electrons. The fourth-order valence-electron chi connectivity index (χ4n) is 1.01. The second-order valence-corrected chi connectivity index (χ2v) is 4.04. The van der Waals surface area contributed by atoms with Gasteiger partial charge < -0.3 is 9.72 Å². The Bertz CT molecular complexity index is 553. The zero-order valence-electron chi connectivity index (χ0n) is 8.76. The molecule has 12 heteroatoms. The summed E-state index contributed by atoms with van der Waals surface area (Å²) in [5.74, 6) is -1.64. The van der Waals surface area contributed by atoms with Gasteiger partial charge in [-0.25, -0.2) is 0 Å². The molecule has 20 heavy (non-hydrogen) atoms. The van der Waals surface area contributed by atoms with Crippen molar-refractivity contribution in [3.8, 4) is 11.9 Å². The second-order valence-electron chi connectivity index (χ2n) is 3.24. The van der Waals surface area contributed by atoms with Crippen molar-refractivity contribution < 1.29 is 39.9 Å². The van der Waals surface area contributed by atoms with Gasteiger partial charge in [0, 0.05) is 0 Å². The molecule has 0 saturated carbocycles. The first kappa shape index (κ1) is 16.5. The highest BCUT2D eigenvalue weighted by molar-refractivity contribution is 9.10. The Labute approximate surface area is 113 Å². The maximum Gasteiger partial charge on any atom is 0.500 e. The van der Waals surface area contributed by atoms with Gasteiger partial charge in [-0.05, 0) is 15.9 Å². The number of H-pyrrole nitrogens is 1. The van der Waals surface area contributed by atoms with Crippen LogP contribution in [0, 0.1) is 11.3 Å². The first-order valence-corrected chi connectivity index (χ1v) is 5.13. The number of nitrogens with one attached hydrogen (secondary N) is 1. The predicted molar refractivity (Wildman–Crippen MR) is 49.8 cm³/mol. The largest absolute Gasteiger partial charge is 0.500 e. The summed E-state index contributed by atoms with van der Waals surface area (Å²) in [6, 6.07) is 1.03. The number of halogens is 9. The van der Waals surface area contributed by atoms with Crippen molar-refractivity contribution >= 4 is 15.9 Å².